The average Bonchev–Trinajstić information content (AvgIpc) is 3.15. The normalized spacial score (nSPS) is 20.0. The highest BCUT2D eigenvalue weighted by Crippen LogP contribution is 2.27. The Bertz CT molecular complexity index is 1260. The standard InChI is InChI=1S/C24H31N7O3S/c1-35(32,33)31-11-2-10-30(12-13-31)19-5-3-18(4-6-19)21-15-22-23(27-8-7-26-22)24(29-21)28-17-20-16-25-9-14-34-20/h3-8,15,20,25H,2,9-14,16-17H2,1H3,(H,28,29). The molecule has 0 bridgehead atoms. The second-order valence-corrected chi connectivity index (χ2v) is 10.9. The van der Waals surface area contributed by atoms with E-state index in [2.05, 4.69) is 49.8 Å². The molecule has 10 nitrogen and oxygen atoms in total. The fourth-order valence-electron chi connectivity index (χ4n) is 4.53. The molecule has 0 spiro atoms. The average molecular weight is 498 g/mol. The van der Waals surface area contributed by atoms with Crippen molar-refractivity contribution in [2.75, 3.05) is 68.9 Å². The summed E-state index contributed by atoms with van der Waals surface area (Å²) < 4.78 is 31.2. The molecule has 2 aliphatic rings. The molecule has 11 heteroatoms. The number of anilines is 2. The Hall–Kier alpha value is -2.86. The van der Waals surface area contributed by atoms with Crippen LogP contribution in [-0.4, -0.2) is 92.5 Å². The molecule has 1 unspecified atom stereocenters. The van der Waals surface area contributed by atoms with Crippen LogP contribution in [0.3, 0.4) is 0 Å². The number of fused-ring (bicyclic) bond motifs is 1. The molecule has 0 radical (unpaired) electrons. The molecule has 2 fully saturated rings. The minimum Gasteiger partial charge on any atom is -0.374 e. The Balaban J connectivity index is 1.35. The molecule has 2 aliphatic heterocycles. The lowest BCUT2D eigenvalue weighted by atomic mass is 10.1. The predicted octanol–water partition coefficient (Wildman–Crippen LogP) is 1.56. The van der Waals surface area contributed by atoms with E-state index in [1.807, 2.05) is 6.07 Å². The molecule has 2 saturated heterocycles. The fraction of sp³-hybridized carbons (Fsp3) is 0.458. The Kier molecular flexibility index (Phi) is 7.09. The second kappa shape index (κ2) is 10.4. The first-order chi connectivity index (χ1) is 17.0. The van der Waals surface area contributed by atoms with Crippen LogP contribution in [0.1, 0.15) is 6.42 Å². The van der Waals surface area contributed by atoms with E-state index in [9.17, 15) is 8.42 Å². The number of pyridine rings is 1. The van der Waals surface area contributed by atoms with Crippen molar-refractivity contribution in [2.45, 2.75) is 12.5 Å². The number of sulfonamides is 1. The predicted molar refractivity (Wildman–Crippen MR) is 137 cm³/mol. The van der Waals surface area contributed by atoms with E-state index in [0.29, 0.717) is 38.6 Å². The van der Waals surface area contributed by atoms with E-state index >= 15 is 0 Å². The number of benzene rings is 1. The van der Waals surface area contributed by atoms with E-state index in [1.165, 1.54) is 6.26 Å². The maximum absolute atomic E-state index is 11.9. The lowest BCUT2D eigenvalue weighted by Gasteiger charge is -2.24. The van der Waals surface area contributed by atoms with Gasteiger partial charge in [0.15, 0.2) is 5.82 Å². The van der Waals surface area contributed by atoms with Gasteiger partial charge in [-0.05, 0) is 24.6 Å². The maximum Gasteiger partial charge on any atom is 0.211 e. The molecule has 1 atom stereocenters. The van der Waals surface area contributed by atoms with Crippen LogP contribution >= 0.6 is 0 Å². The van der Waals surface area contributed by atoms with E-state index in [4.69, 9.17) is 9.72 Å². The Morgan fingerprint density at radius 1 is 1.11 bits per heavy atom. The number of morpholine rings is 1. The van der Waals surface area contributed by atoms with Crippen molar-refractivity contribution in [3.05, 3.63) is 42.7 Å². The number of aromatic nitrogens is 3. The lowest BCUT2D eigenvalue weighted by Crippen LogP contribution is -2.42. The van der Waals surface area contributed by atoms with Crippen molar-refractivity contribution < 1.29 is 13.2 Å². The highest BCUT2D eigenvalue weighted by Gasteiger charge is 2.21. The van der Waals surface area contributed by atoms with Crippen molar-refractivity contribution in [2.24, 2.45) is 0 Å². The molecule has 5 rings (SSSR count). The van der Waals surface area contributed by atoms with E-state index in [-0.39, 0.29) is 6.10 Å². The monoisotopic (exact) mass is 497 g/mol. The fourth-order valence-corrected chi connectivity index (χ4v) is 5.41. The quantitative estimate of drug-likeness (QED) is 0.524. The molecular formula is C24H31N7O3S. The summed E-state index contributed by atoms with van der Waals surface area (Å²) in [7, 11) is -3.16. The van der Waals surface area contributed by atoms with Crippen LogP contribution in [0.4, 0.5) is 11.5 Å². The van der Waals surface area contributed by atoms with E-state index in [0.717, 1.165) is 54.0 Å². The van der Waals surface area contributed by atoms with Gasteiger partial charge in [0.2, 0.25) is 10.0 Å². The summed E-state index contributed by atoms with van der Waals surface area (Å²) in [6, 6.07) is 10.2. The largest absolute Gasteiger partial charge is 0.374 e. The molecule has 0 saturated carbocycles. The highest BCUT2D eigenvalue weighted by molar-refractivity contribution is 7.88. The zero-order valence-corrected chi connectivity index (χ0v) is 20.7. The van der Waals surface area contributed by atoms with Gasteiger partial charge in [-0.2, -0.15) is 0 Å². The van der Waals surface area contributed by atoms with Crippen molar-refractivity contribution in [3.8, 4) is 11.3 Å². The number of hydrogen-bond donors (Lipinski definition) is 2. The van der Waals surface area contributed by atoms with Gasteiger partial charge in [-0.3, -0.25) is 4.98 Å². The Morgan fingerprint density at radius 2 is 1.94 bits per heavy atom. The number of nitrogens with zero attached hydrogens (tertiary/aromatic N) is 5. The van der Waals surface area contributed by atoms with Crippen LogP contribution in [0.5, 0.6) is 0 Å². The second-order valence-electron chi connectivity index (χ2n) is 8.91. The van der Waals surface area contributed by atoms with Crippen molar-refractivity contribution >= 4 is 32.6 Å². The maximum atomic E-state index is 11.9. The summed E-state index contributed by atoms with van der Waals surface area (Å²) in [6.45, 7) is 5.57. The third kappa shape index (κ3) is 5.69. The third-order valence-corrected chi connectivity index (χ3v) is 7.71. The molecule has 186 valence electrons. The van der Waals surface area contributed by atoms with Gasteiger partial charge in [0.1, 0.15) is 5.52 Å². The molecule has 35 heavy (non-hydrogen) atoms. The van der Waals surface area contributed by atoms with Gasteiger partial charge in [-0.15, -0.1) is 0 Å². The molecule has 1 aromatic carbocycles. The number of ether oxygens (including phenoxy) is 1. The summed E-state index contributed by atoms with van der Waals surface area (Å²) in [5, 5.41) is 6.75. The topological polar surface area (TPSA) is 113 Å². The summed E-state index contributed by atoms with van der Waals surface area (Å²) in [4.78, 5) is 16.1. The van der Waals surface area contributed by atoms with Gasteiger partial charge in [0, 0.05) is 69.5 Å². The summed E-state index contributed by atoms with van der Waals surface area (Å²) >= 11 is 0. The van der Waals surface area contributed by atoms with Crippen LogP contribution in [0, 0.1) is 0 Å². The highest BCUT2D eigenvalue weighted by atomic mass is 32.2. The molecular weight excluding hydrogens is 466 g/mol. The molecule has 0 amide bonds. The zero-order valence-electron chi connectivity index (χ0n) is 19.9. The van der Waals surface area contributed by atoms with Gasteiger partial charge in [0.05, 0.1) is 30.2 Å². The Morgan fingerprint density at radius 3 is 2.71 bits per heavy atom. The number of nitrogens with one attached hydrogen (secondary N) is 2. The van der Waals surface area contributed by atoms with Crippen LogP contribution in [0.2, 0.25) is 0 Å². The Labute approximate surface area is 205 Å². The van der Waals surface area contributed by atoms with E-state index < -0.39 is 10.0 Å². The van der Waals surface area contributed by atoms with Gasteiger partial charge in [-0.25, -0.2) is 22.7 Å². The molecule has 4 heterocycles. The van der Waals surface area contributed by atoms with Crippen molar-refractivity contribution in [3.63, 3.8) is 0 Å². The van der Waals surface area contributed by atoms with Crippen molar-refractivity contribution in [1.29, 1.82) is 0 Å². The van der Waals surface area contributed by atoms with Crippen molar-refractivity contribution in [1.82, 2.24) is 24.6 Å². The first-order valence-corrected chi connectivity index (χ1v) is 13.8. The van der Waals surface area contributed by atoms with Crippen LogP contribution in [0.25, 0.3) is 22.3 Å². The third-order valence-electron chi connectivity index (χ3n) is 6.41. The minimum atomic E-state index is -3.16. The molecule has 2 aromatic heterocycles. The van der Waals surface area contributed by atoms with Gasteiger partial charge in [0.25, 0.3) is 0 Å². The first-order valence-electron chi connectivity index (χ1n) is 12.0. The molecule has 0 aliphatic carbocycles. The first kappa shape index (κ1) is 23.9. The van der Waals surface area contributed by atoms with Gasteiger partial charge in [-0.1, -0.05) is 12.1 Å². The summed E-state index contributed by atoms with van der Waals surface area (Å²) in [5.41, 5.74) is 4.38. The van der Waals surface area contributed by atoms with Crippen LogP contribution in [0.15, 0.2) is 42.7 Å². The van der Waals surface area contributed by atoms with Gasteiger partial charge < -0.3 is 20.3 Å². The summed E-state index contributed by atoms with van der Waals surface area (Å²) in [5.74, 6) is 0.692. The zero-order chi connectivity index (χ0) is 24.3. The number of rotatable bonds is 6. The smallest absolute Gasteiger partial charge is 0.211 e. The molecule has 3 aromatic rings. The SMILES string of the molecule is CS(=O)(=O)N1CCCN(c2ccc(-c3cc4nccnc4c(NCC4CNCCO4)n3)cc2)CC1. The summed E-state index contributed by atoms with van der Waals surface area (Å²) in [6.07, 6.45) is 5.52. The van der Waals surface area contributed by atoms with Crippen LogP contribution < -0.4 is 15.5 Å². The number of hydrogen-bond acceptors (Lipinski definition) is 9. The lowest BCUT2D eigenvalue weighted by molar-refractivity contribution is 0.0372. The van der Waals surface area contributed by atoms with Crippen LogP contribution in [-0.2, 0) is 14.8 Å². The molecule has 2 N–H and O–H groups in total. The van der Waals surface area contributed by atoms with Gasteiger partial charge >= 0.3 is 0 Å². The van der Waals surface area contributed by atoms with E-state index in [1.54, 1.807) is 16.7 Å². The minimum absolute atomic E-state index is 0.0763.